The first kappa shape index (κ1) is 29.5. The molecule has 0 aliphatic rings. The minimum atomic E-state index is 0.875. The third-order valence-electron chi connectivity index (χ3n) is 10.3. The number of rotatable bonds is 5. The Balaban J connectivity index is 1.19. The number of hydrogen-bond donors (Lipinski definition) is 0. The van der Waals surface area contributed by atoms with Gasteiger partial charge in [0.15, 0.2) is 0 Å². The van der Waals surface area contributed by atoms with Gasteiger partial charge in [0.1, 0.15) is 11.2 Å². The second-order valence-electron chi connectivity index (χ2n) is 13.3. The summed E-state index contributed by atoms with van der Waals surface area (Å²) in [6.45, 7) is 0. The summed E-state index contributed by atoms with van der Waals surface area (Å²) >= 11 is 3.71. The minimum absolute atomic E-state index is 0.875. The lowest BCUT2D eigenvalue weighted by atomic mass is 10.0. The first-order valence-electron chi connectivity index (χ1n) is 17.5. The third-order valence-corrected chi connectivity index (χ3v) is 12.5. The monoisotopic (exact) mass is 699 g/mol. The molecule has 2 nitrogen and oxygen atoms in total. The largest absolute Gasteiger partial charge is 0.456 e. The minimum Gasteiger partial charge on any atom is -0.456 e. The van der Waals surface area contributed by atoms with E-state index in [1.165, 1.54) is 57.0 Å². The summed E-state index contributed by atoms with van der Waals surface area (Å²) in [6, 6.07) is 63.6. The van der Waals surface area contributed by atoms with Crippen LogP contribution in [-0.4, -0.2) is 0 Å². The standard InChI is InChI=1S/C48H29NOS2/c1-3-11-30(12-4-1)32-21-24-36-42(27-32)50-41-18-9-16-39(47(36)41)49(34-23-26-44-38(29-34)35-15-7-8-19-43(35)51-44)40-17-10-20-45-48(40)37-25-22-33(28-46(37)52-45)31-13-5-2-6-14-31/h1-29H. The third kappa shape index (κ3) is 4.62. The maximum absolute atomic E-state index is 6.67. The van der Waals surface area contributed by atoms with Crippen molar-refractivity contribution in [2.75, 3.05) is 4.90 Å². The van der Waals surface area contributed by atoms with E-state index >= 15 is 0 Å². The number of furan rings is 1. The van der Waals surface area contributed by atoms with Crippen molar-refractivity contribution in [3.05, 3.63) is 176 Å². The zero-order chi connectivity index (χ0) is 34.2. The molecule has 0 N–H and O–H groups in total. The SMILES string of the molecule is c1ccc(-c2ccc3c(c2)oc2cccc(N(c4ccc5sc6ccccc6c5c4)c4cccc5sc6cc(-c7ccccc7)ccc6c45)c23)cc1. The van der Waals surface area contributed by atoms with Gasteiger partial charge >= 0.3 is 0 Å². The van der Waals surface area contributed by atoms with Gasteiger partial charge in [-0.1, -0.05) is 109 Å². The van der Waals surface area contributed by atoms with E-state index in [4.69, 9.17) is 4.42 Å². The number of thiophene rings is 2. The summed E-state index contributed by atoms with van der Waals surface area (Å²) in [5.74, 6) is 0. The molecular formula is C48H29NOS2. The highest BCUT2D eigenvalue weighted by molar-refractivity contribution is 7.26. The van der Waals surface area contributed by atoms with Crippen molar-refractivity contribution in [1.29, 1.82) is 0 Å². The molecule has 0 fully saturated rings. The van der Waals surface area contributed by atoms with Crippen LogP contribution >= 0.6 is 22.7 Å². The summed E-state index contributed by atoms with van der Waals surface area (Å²) in [5, 5.41) is 7.29. The van der Waals surface area contributed by atoms with E-state index in [2.05, 4.69) is 181 Å². The first-order chi connectivity index (χ1) is 25.8. The normalized spacial score (nSPS) is 11.8. The number of anilines is 3. The summed E-state index contributed by atoms with van der Waals surface area (Å²) < 4.78 is 11.8. The van der Waals surface area contributed by atoms with E-state index in [1.54, 1.807) is 0 Å². The first-order valence-corrected chi connectivity index (χ1v) is 19.1. The number of hydrogen-bond acceptors (Lipinski definition) is 4. The van der Waals surface area contributed by atoms with Gasteiger partial charge in [-0.3, -0.25) is 0 Å². The summed E-state index contributed by atoms with van der Waals surface area (Å²) in [5.41, 5.74) is 9.90. The Bertz CT molecular complexity index is 2980. The highest BCUT2D eigenvalue weighted by atomic mass is 32.1. The van der Waals surface area contributed by atoms with Crippen LogP contribution < -0.4 is 4.90 Å². The van der Waals surface area contributed by atoms with Crippen LogP contribution in [0.4, 0.5) is 17.1 Å². The molecule has 11 aromatic rings. The van der Waals surface area contributed by atoms with Gasteiger partial charge < -0.3 is 9.32 Å². The smallest absolute Gasteiger partial charge is 0.137 e. The molecule has 244 valence electrons. The van der Waals surface area contributed by atoms with Crippen molar-refractivity contribution >= 4 is 102 Å². The van der Waals surface area contributed by atoms with Crippen molar-refractivity contribution < 1.29 is 4.42 Å². The van der Waals surface area contributed by atoms with Crippen LogP contribution in [0.5, 0.6) is 0 Å². The summed E-state index contributed by atoms with van der Waals surface area (Å²) in [6.07, 6.45) is 0. The molecule has 3 heterocycles. The van der Waals surface area contributed by atoms with Crippen LogP contribution in [0.15, 0.2) is 180 Å². The quantitative estimate of drug-likeness (QED) is 0.178. The Labute approximate surface area is 308 Å². The Morgan fingerprint density at radius 3 is 1.79 bits per heavy atom. The fraction of sp³-hybridized carbons (Fsp3) is 0. The molecule has 3 aromatic heterocycles. The average Bonchev–Trinajstić information content (AvgIpc) is 3.89. The van der Waals surface area contributed by atoms with Crippen LogP contribution in [0.3, 0.4) is 0 Å². The Hall–Kier alpha value is -6.20. The van der Waals surface area contributed by atoms with Crippen LogP contribution in [0, 0.1) is 0 Å². The molecule has 0 spiro atoms. The predicted octanol–water partition coefficient (Wildman–Crippen LogP) is 15.1. The van der Waals surface area contributed by atoms with E-state index in [0.717, 1.165) is 44.6 Å². The number of nitrogens with zero attached hydrogens (tertiary/aromatic N) is 1. The molecule has 0 amide bonds. The summed E-state index contributed by atoms with van der Waals surface area (Å²) in [4.78, 5) is 2.47. The molecule has 0 aliphatic carbocycles. The second kappa shape index (κ2) is 11.7. The lowest BCUT2D eigenvalue weighted by Crippen LogP contribution is -2.10. The zero-order valence-electron chi connectivity index (χ0n) is 27.9. The fourth-order valence-electron chi connectivity index (χ4n) is 7.87. The molecule has 0 atom stereocenters. The van der Waals surface area contributed by atoms with Crippen molar-refractivity contribution in [2.24, 2.45) is 0 Å². The Morgan fingerprint density at radius 1 is 0.346 bits per heavy atom. The van der Waals surface area contributed by atoms with Crippen molar-refractivity contribution in [2.45, 2.75) is 0 Å². The van der Waals surface area contributed by atoms with E-state index in [1.807, 2.05) is 22.7 Å². The molecule has 0 radical (unpaired) electrons. The molecule has 8 aromatic carbocycles. The van der Waals surface area contributed by atoms with E-state index in [-0.39, 0.29) is 0 Å². The predicted molar refractivity (Wildman–Crippen MR) is 225 cm³/mol. The number of fused-ring (bicyclic) bond motifs is 9. The molecule has 0 saturated heterocycles. The highest BCUT2D eigenvalue weighted by Crippen LogP contribution is 2.49. The molecule has 0 bridgehead atoms. The van der Waals surface area contributed by atoms with Crippen LogP contribution in [0.25, 0.3) is 84.5 Å². The second-order valence-corrected chi connectivity index (χ2v) is 15.4. The maximum atomic E-state index is 6.67. The highest BCUT2D eigenvalue weighted by Gasteiger charge is 2.23. The fourth-order valence-corrected chi connectivity index (χ4v) is 10.1. The number of benzene rings is 8. The molecule has 0 aliphatic heterocycles. The van der Waals surface area contributed by atoms with Crippen LogP contribution in [0.1, 0.15) is 0 Å². The van der Waals surface area contributed by atoms with Crippen LogP contribution in [0.2, 0.25) is 0 Å². The topological polar surface area (TPSA) is 16.4 Å². The van der Waals surface area contributed by atoms with Gasteiger partial charge in [-0.15, -0.1) is 22.7 Å². The van der Waals surface area contributed by atoms with Crippen molar-refractivity contribution in [1.82, 2.24) is 0 Å². The lowest BCUT2D eigenvalue weighted by molar-refractivity contribution is 0.669. The van der Waals surface area contributed by atoms with E-state index in [0.29, 0.717) is 0 Å². The van der Waals surface area contributed by atoms with Gasteiger partial charge in [0.2, 0.25) is 0 Å². The molecule has 4 heteroatoms. The average molecular weight is 700 g/mol. The molecule has 0 unspecified atom stereocenters. The van der Waals surface area contributed by atoms with Gasteiger partial charge in [0.25, 0.3) is 0 Å². The van der Waals surface area contributed by atoms with Gasteiger partial charge in [0, 0.05) is 51.4 Å². The lowest BCUT2D eigenvalue weighted by Gasteiger charge is -2.27. The summed E-state index contributed by atoms with van der Waals surface area (Å²) in [7, 11) is 0. The van der Waals surface area contributed by atoms with Crippen molar-refractivity contribution in [3.63, 3.8) is 0 Å². The molecule has 0 saturated carbocycles. The van der Waals surface area contributed by atoms with Crippen LogP contribution in [-0.2, 0) is 0 Å². The molecule has 11 rings (SSSR count). The maximum Gasteiger partial charge on any atom is 0.137 e. The van der Waals surface area contributed by atoms with Crippen molar-refractivity contribution in [3.8, 4) is 22.3 Å². The van der Waals surface area contributed by atoms with Gasteiger partial charge in [-0.05, 0) is 89.0 Å². The van der Waals surface area contributed by atoms with E-state index in [9.17, 15) is 0 Å². The van der Waals surface area contributed by atoms with Gasteiger partial charge in [-0.2, -0.15) is 0 Å². The van der Waals surface area contributed by atoms with Gasteiger partial charge in [0.05, 0.1) is 16.8 Å². The Morgan fingerprint density at radius 2 is 0.981 bits per heavy atom. The molecule has 52 heavy (non-hydrogen) atoms. The zero-order valence-corrected chi connectivity index (χ0v) is 29.5. The van der Waals surface area contributed by atoms with E-state index < -0.39 is 0 Å². The molecular weight excluding hydrogens is 671 g/mol. The van der Waals surface area contributed by atoms with Gasteiger partial charge in [-0.25, -0.2) is 0 Å². The Kier molecular flexibility index (Phi) is 6.63.